The van der Waals surface area contributed by atoms with Gasteiger partial charge >= 0.3 is 5.97 Å². The van der Waals surface area contributed by atoms with Crippen molar-refractivity contribution in [2.75, 3.05) is 30.3 Å². The summed E-state index contributed by atoms with van der Waals surface area (Å²) in [4.78, 5) is 31.1. The fourth-order valence-corrected chi connectivity index (χ4v) is 5.51. The van der Waals surface area contributed by atoms with Crippen LogP contribution in [0.25, 0.3) is 0 Å². The number of hydrogen-bond donors (Lipinski definition) is 1. The lowest BCUT2D eigenvalue weighted by molar-refractivity contribution is -0.147. The first-order valence-corrected chi connectivity index (χ1v) is 13.7. The van der Waals surface area contributed by atoms with Crippen molar-refractivity contribution in [2.45, 2.75) is 31.9 Å². The van der Waals surface area contributed by atoms with Gasteiger partial charge in [0.1, 0.15) is 6.61 Å². The zero-order valence-corrected chi connectivity index (χ0v) is 22.7. The van der Waals surface area contributed by atoms with Crippen LogP contribution in [0.2, 0.25) is 0 Å². The van der Waals surface area contributed by atoms with Crippen molar-refractivity contribution in [2.24, 2.45) is 5.92 Å². The topological polar surface area (TPSA) is 89.0 Å². The highest BCUT2D eigenvalue weighted by Gasteiger charge is 2.37. The Morgan fingerprint density at radius 3 is 2.42 bits per heavy atom. The Morgan fingerprint density at radius 1 is 1.00 bits per heavy atom. The van der Waals surface area contributed by atoms with Crippen LogP contribution in [0.15, 0.2) is 108 Å². The van der Waals surface area contributed by atoms with Gasteiger partial charge in [0.05, 0.1) is 12.2 Å². The number of carbonyl (C=O) groups is 2. The zero-order valence-electron chi connectivity index (χ0n) is 22.7. The molecule has 40 heavy (non-hydrogen) atoms. The Hall–Kier alpha value is -4.36. The van der Waals surface area contributed by atoms with E-state index in [0.717, 1.165) is 36.3 Å². The molecule has 2 heterocycles. The second kappa shape index (κ2) is 12.7. The van der Waals surface area contributed by atoms with Crippen molar-refractivity contribution < 1.29 is 18.7 Å². The van der Waals surface area contributed by atoms with Gasteiger partial charge in [-0.15, -0.1) is 0 Å². The van der Waals surface area contributed by atoms with E-state index < -0.39 is 5.92 Å². The lowest BCUT2D eigenvalue weighted by atomic mass is 9.90. The summed E-state index contributed by atoms with van der Waals surface area (Å²) in [5.74, 6) is -0.414. The molecule has 3 unspecified atom stereocenters. The number of likely N-dealkylation sites (tertiary alicyclic amines) is 1. The summed E-state index contributed by atoms with van der Waals surface area (Å²) in [6.45, 7) is 4.39. The van der Waals surface area contributed by atoms with Gasteiger partial charge in [0, 0.05) is 37.1 Å². The fourth-order valence-electron chi connectivity index (χ4n) is 5.51. The molecule has 1 aliphatic rings. The molecule has 1 fully saturated rings. The van der Waals surface area contributed by atoms with E-state index in [1.807, 2.05) is 89.8 Å². The number of rotatable bonds is 9. The molecule has 0 saturated carbocycles. The first kappa shape index (κ1) is 27.2. The highest BCUT2D eigenvalue weighted by Crippen LogP contribution is 2.31. The normalized spacial score (nSPS) is 18.1. The number of esters is 1. The van der Waals surface area contributed by atoms with E-state index in [9.17, 15) is 9.59 Å². The summed E-state index contributed by atoms with van der Waals surface area (Å²) in [5, 5.41) is 0. The number of anilines is 2. The van der Waals surface area contributed by atoms with Gasteiger partial charge in [-0.2, -0.15) is 0 Å². The molecular formula is C33H35N3O4. The second-order valence-corrected chi connectivity index (χ2v) is 10.4. The molecule has 3 atom stereocenters. The van der Waals surface area contributed by atoms with E-state index >= 15 is 0 Å². The average Bonchev–Trinajstić information content (AvgIpc) is 3.52. The molecule has 7 nitrogen and oxygen atoms in total. The number of benzene rings is 3. The third kappa shape index (κ3) is 6.43. The lowest BCUT2D eigenvalue weighted by Gasteiger charge is -2.43. The van der Waals surface area contributed by atoms with E-state index in [1.54, 1.807) is 12.1 Å². The lowest BCUT2D eigenvalue weighted by Crippen LogP contribution is -2.53. The predicted molar refractivity (Wildman–Crippen MR) is 156 cm³/mol. The molecule has 7 heteroatoms. The predicted octanol–water partition coefficient (Wildman–Crippen LogP) is 5.75. The number of piperidine rings is 1. The van der Waals surface area contributed by atoms with Gasteiger partial charge in [0.15, 0.2) is 5.76 Å². The van der Waals surface area contributed by atoms with Crippen LogP contribution in [-0.4, -0.2) is 42.5 Å². The van der Waals surface area contributed by atoms with Crippen molar-refractivity contribution >= 4 is 23.3 Å². The molecule has 0 radical (unpaired) electrons. The molecular weight excluding hydrogens is 502 g/mol. The van der Waals surface area contributed by atoms with Crippen molar-refractivity contribution in [3.63, 3.8) is 0 Å². The smallest absolute Gasteiger partial charge is 0.315 e. The number of nitrogens with zero attached hydrogens (tertiary/aromatic N) is 2. The molecule has 4 aromatic rings. The fraction of sp³-hybridized carbons (Fsp3) is 0.273. The van der Waals surface area contributed by atoms with Crippen molar-refractivity contribution in [3.05, 3.63) is 120 Å². The summed E-state index contributed by atoms with van der Waals surface area (Å²) in [6, 6.07) is 30.3. The molecule has 1 aromatic heterocycles. The minimum atomic E-state index is -0.413. The average molecular weight is 538 g/mol. The van der Waals surface area contributed by atoms with Gasteiger partial charge in [0.25, 0.3) is 5.91 Å². The molecule has 206 valence electrons. The molecule has 0 spiro atoms. The quantitative estimate of drug-likeness (QED) is 0.216. The van der Waals surface area contributed by atoms with E-state index in [1.165, 1.54) is 6.26 Å². The Balaban J connectivity index is 1.31. The van der Waals surface area contributed by atoms with Gasteiger partial charge in [-0.1, -0.05) is 73.7 Å². The van der Waals surface area contributed by atoms with Crippen LogP contribution in [0.4, 0.5) is 11.4 Å². The first-order valence-electron chi connectivity index (χ1n) is 13.7. The monoisotopic (exact) mass is 537 g/mol. The second-order valence-electron chi connectivity index (χ2n) is 10.4. The van der Waals surface area contributed by atoms with Crippen LogP contribution in [0.1, 0.15) is 40.9 Å². The van der Waals surface area contributed by atoms with E-state index in [0.29, 0.717) is 18.0 Å². The van der Waals surface area contributed by atoms with Crippen LogP contribution in [0, 0.1) is 5.92 Å². The van der Waals surface area contributed by atoms with E-state index in [4.69, 9.17) is 14.9 Å². The minimum absolute atomic E-state index is 0.0594. The molecule has 0 aliphatic carbocycles. The molecule has 5 rings (SSSR count). The van der Waals surface area contributed by atoms with Gasteiger partial charge in [-0.05, 0) is 53.8 Å². The number of hydrogen-bond acceptors (Lipinski definition) is 6. The van der Waals surface area contributed by atoms with Crippen LogP contribution < -0.4 is 10.6 Å². The molecule has 2 N–H and O–H groups in total. The summed E-state index contributed by atoms with van der Waals surface area (Å²) < 4.78 is 11.2. The van der Waals surface area contributed by atoms with Crippen LogP contribution >= 0.6 is 0 Å². The van der Waals surface area contributed by atoms with Gasteiger partial charge < -0.3 is 24.7 Å². The summed E-state index contributed by atoms with van der Waals surface area (Å²) >= 11 is 0. The van der Waals surface area contributed by atoms with E-state index in [2.05, 4.69) is 11.8 Å². The Morgan fingerprint density at radius 2 is 1.75 bits per heavy atom. The van der Waals surface area contributed by atoms with Crippen LogP contribution in [0.5, 0.6) is 0 Å². The summed E-state index contributed by atoms with van der Waals surface area (Å²) in [6.07, 6.45) is 2.25. The van der Waals surface area contributed by atoms with Gasteiger partial charge in [0.2, 0.25) is 0 Å². The van der Waals surface area contributed by atoms with Gasteiger partial charge in [-0.25, -0.2) is 0 Å². The number of nitrogen functional groups attached to an aromatic ring is 1. The Labute approximate surface area is 235 Å². The summed E-state index contributed by atoms with van der Waals surface area (Å²) in [5.41, 5.74) is 9.33. The Bertz CT molecular complexity index is 1390. The molecule has 0 bridgehead atoms. The number of furan rings is 1. The summed E-state index contributed by atoms with van der Waals surface area (Å²) in [7, 11) is 0. The third-order valence-electron chi connectivity index (χ3n) is 7.53. The molecule has 1 aliphatic heterocycles. The number of nitrogens with two attached hydrogens (primary N) is 1. The van der Waals surface area contributed by atoms with Crippen LogP contribution in [-0.2, 0) is 16.1 Å². The maximum Gasteiger partial charge on any atom is 0.315 e. The standard InChI is InChI=1S/C33H35N3O4/c1-24-21-35(22-29(26-12-6-3-7-13-26)33(38)40-23-25-10-4-2-5-11-25)18-17-30(24)36(28-15-8-14-27(34)20-28)32(37)31-16-9-19-39-31/h2-16,19-20,24,29-30H,17-18,21-23,34H2,1H3. The third-order valence-corrected chi connectivity index (χ3v) is 7.53. The molecule has 1 amide bonds. The van der Waals surface area contributed by atoms with E-state index in [-0.39, 0.29) is 30.4 Å². The SMILES string of the molecule is CC1CN(CC(C(=O)OCc2ccccc2)c2ccccc2)CCC1N(C(=O)c1ccco1)c1cccc(N)c1. The zero-order chi connectivity index (χ0) is 27.9. The maximum atomic E-state index is 13.6. The largest absolute Gasteiger partial charge is 0.460 e. The van der Waals surface area contributed by atoms with Crippen molar-refractivity contribution in [3.8, 4) is 0 Å². The minimum Gasteiger partial charge on any atom is -0.460 e. The van der Waals surface area contributed by atoms with Gasteiger partial charge in [-0.3, -0.25) is 9.59 Å². The number of carbonyl (C=O) groups excluding carboxylic acids is 2. The Kier molecular flexibility index (Phi) is 8.62. The number of amides is 1. The first-order chi connectivity index (χ1) is 19.5. The molecule has 3 aromatic carbocycles. The van der Waals surface area contributed by atoms with Crippen LogP contribution in [0.3, 0.4) is 0 Å². The highest BCUT2D eigenvalue weighted by atomic mass is 16.5. The highest BCUT2D eigenvalue weighted by molar-refractivity contribution is 6.04. The maximum absolute atomic E-state index is 13.6. The van der Waals surface area contributed by atoms with Crippen molar-refractivity contribution in [1.82, 2.24) is 4.90 Å². The molecule has 1 saturated heterocycles. The number of ether oxygens (including phenoxy) is 1. The van der Waals surface area contributed by atoms with Crippen molar-refractivity contribution in [1.29, 1.82) is 0 Å².